The third kappa shape index (κ3) is 2.79. The third-order valence-corrected chi connectivity index (χ3v) is 3.57. The van der Waals surface area contributed by atoms with E-state index < -0.39 is 6.10 Å². The lowest BCUT2D eigenvalue weighted by Gasteiger charge is -2.22. The van der Waals surface area contributed by atoms with Crippen molar-refractivity contribution in [3.05, 3.63) is 21.9 Å². The zero-order valence-corrected chi connectivity index (χ0v) is 10.0. The summed E-state index contributed by atoms with van der Waals surface area (Å²) in [6.45, 7) is 0.415. The fourth-order valence-corrected chi connectivity index (χ4v) is 2.69. The molecule has 0 aromatic carbocycles. The minimum atomic E-state index is -0.657. The number of hydrogen-bond acceptors (Lipinski definition) is 3. The van der Waals surface area contributed by atoms with Crippen LogP contribution in [0, 0.1) is 0 Å². The molecule has 2 rings (SSSR count). The zero-order chi connectivity index (χ0) is 12.3. The highest BCUT2D eigenvalue weighted by Gasteiger charge is 2.24. The molecule has 17 heavy (non-hydrogen) atoms. The average molecular weight is 239 g/mol. The van der Waals surface area contributed by atoms with Crippen LogP contribution in [0.25, 0.3) is 0 Å². The Morgan fingerprint density at radius 3 is 2.65 bits per heavy atom. The van der Waals surface area contributed by atoms with Gasteiger partial charge in [0.25, 0.3) is 0 Å². The molecule has 1 aliphatic rings. The molecular weight excluding hydrogens is 218 g/mol. The maximum atomic E-state index is 11.4. The standard InChI is InChI=1S/C12H21N3O2/c13-7-6-9(16)11-10(14-12(17)15-11)8-4-2-1-3-5-8/h8-9,16H,1-7,13H2,(H2,14,15,17). The highest BCUT2D eigenvalue weighted by Crippen LogP contribution is 2.34. The molecule has 96 valence electrons. The molecular formula is C12H21N3O2. The van der Waals surface area contributed by atoms with Crippen LogP contribution >= 0.6 is 0 Å². The maximum Gasteiger partial charge on any atom is 0.323 e. The van der Waals surface area contributed by atoms with Crippen LogP contribution in [0.4, 0.5) is 0 Å². The second-order valence-electron chi connectivity index (χ2n) is 4.83. The van der Waals surface area contributed by atoms with Gasteiger partial charge in [0.05, 0.1) is 11.8 Å². The van der Waals surface area contributed by atoms with E-state index in [0.29, 0.717) is 24.6 Å². The molecule has 1 aromatic rings. The van der Waals surface area contributed by atoms with Crippen molar-refractivity contribution >= 4 is 0 Å². The number of hydrogen-bond donors (Lipinski definition) is 4. The molecule has 0 aliphatic heterocycles. The van der Waals surface area contributed by atoms with Gasteiger partial charge >= 0.3 is 5.69 Å². The molecule has 1 heterocycles. The maximum absolute atomic E-state index is 11.4. The fourth-order valence-electron chi connectivity index (χ4n) is 2.69. The second kappa shape index (κ2) is 5.51. The highest BCUT2D eigenvalue weighted by molar-refractivity contribution is 5.19. The minimum Gasteiger partial charge on any atom is -0.387 e. The predicted molar refractivity (Wildman–Crippen MR) is 65.9 cm³/mol. The largest absolute Gasteiger partial charge is 0.387 e. The van der Waals surface area contributed by atoms with Gasteiger partial charge in [-0.2, -0.15) is 0 Å². The first-order valence-electron chi connectivity index (χ1n) is 6.42. The number of rotatable bonds is 4. The number of imidazole rings is 1. The Morgan fingerprint density at radius 2 is 2.00 bits per heavy atom. The Kier molecular flexibility index (Phi) is 4.02. The van der Waals surface area contributed by atoms with E-state index in [4.69, 9.17) is 5.73 Å². The van der Waals surface area contributed by atoms with Crippen molar-refractivity contribution in [3.63, 3.8) is 0 Å². The normalized spacial score (nSPS) is 19.4. The number of aliphatic hydroxyl groups excluding tert-OH is 1. The van der Waals surface area contributed by atoms with Crippen LogP contribution in [0.2, 0.25) is 0 Å². The number of aliphatic hydroxyl groups is 1. The van der Waals surface area contributed by atoms with E-state index in [2.05, 4.69) is 9.97 Å². The molecule has 1 unspecified atom stereocenters. The number of nitrogens with one attached hydrogen (secondary N) is 2. The van der Waals surface area contributed by atoms with E-state index in [-0.39, 0.29) is 5.69 Å². The van der Waals surface area contributed by atoms with E-state index in [1.165, 1.54) is 19.3 Å². The molecule has 0 saturated heterocycles. The van der Waals surface area contributed by atoms with Crippen LogP contribution in [0.5, 0.6) is 0 Å². The second-order valence-corrected chi connectivity index (χ2v) is 4.83. The van der Waals surface area contributed by atoms with Crippen molar-refractivity contribution in [3.8, 4) is 0 Å². The number of nitrogens with two attached hydrogens (primary N) is 1. The van der Waals surface area contributed by atoms with Gasteiger partial charge in [-0.1, -0.05) is 19.3 Å². The first-order chi connectivity index (χ1) is 8.22. The van der Waals surface area contributed by atoms with Crippen LogP contribution in [-0.2, 0) is 0 Å². The summed E-state index contributed by atoms with van der Waals surface area (Å²) >= 11 is 0. The van der Waals surface area contributed by atoms with E-state index in [9.17, 15) is 9.90 Å². The fraction of sp³-hybridized carbons (Fsp3) is 0.750. The van der Waals surface area contributed by atoms with Gasteiger partial charge in [0.15, 0.2) is 0 Å². The summed E-state index contributed by atoms with van der Waals surface area (Å²) in [5, 5.41) is 9.98. The predicted octanol–water partition coefficient (Wildman–Crippen LogP) is 1.13. The Labute approximate surface area is 100 Å². The Morgan fingerprint density at radius 1 is 1.29 bits per heavy atom. The first kappa shape index (κ1) is 12.4. The van der Waals surface area contributed by atoms with Crippen molar-refractivity contribution in [2.75, 3.05) is 6.54 Å². The van der Waals surface area contributed by atoms with Crippen LogP contribution in [0.1, 0.15) is 61.9 Å². The Balaban J connectivity index is 2.22. The van der Waals surface area contributed by atoms with Crippen LogP contribution in [0.15, 0.2) is 4.79 Å². The highest BCUT2D eigenvalue weighted by atomic mass is 16.3. The lowest BCUT2D eigenvalue weighted by atomic mass is 9.85. The molecule has 5 heteroatoms. The molecule has 0 bridgehead atoms. The average Bonchev–Trinajstić information content (AvgIpc) is 2.73. The molecule has 1 atom stereocenters. The summed E-state index contributed by atoms with van der Waals surface area (Å²) in [7, 11) is 0. The SMILES string of the molecule is NCCC(O)c1[nH]c(=O)[nH]c1C1CCCCC1. The number of aromatic nitrogens is 2. The van der Waals surface area contributed by atoms with Crippen LogP contribution in [-0.4, -0.2) is 21.6 Å². The summed E-state index contributed by atoms with van der Waals surface area (Å²) in [5.41, 5.74) is 6.76. The minimum absolute atomic E-state index is 0.225. The Hall–Kier alpha value is -1.07. The molecule has 5 N–H and O–H groups in total. The summed E-state index contributed by atoms with van der Waals surface area (Å²) in [4.78, 5) is 17.0. The van der Waals surface area contributed by atoms with Gasteiger partial charge in [0, 0.05) is 11.6 Å². The van der Waals surface area contributed by atoms with Gasteiger partial charge in [0.2, 0.25) is 0 Å². The van der Waals surface area contributed by atoms with Crippen molar-refractivity contribution in [2.45, 2.75) is 50.5 Å². The summed E-state index contributed by atoms with van der Waals surface area (Å²) in [5.74, 6) is 0.380. The molecule has 1 aliphatic carbocycles. The van der Waals surface area contributed by atoms with Crippen LogP contribution < -0.4 is 11.4 Å². The van der Waals surface area contributed by atoms with E-state index in [1.807, 2.05) is 0 Å². The van der Waals surface area contributed by atoms with Crippen molar-refractivity contribution in [1.29, 1.82) is 0 Å². The van der Waals surface area contributed by atoms with Gasteiger partial charge in [-0.05, 0) is 25.8 Å². The molecule has 1 saturated carbocycles. The van der Waals surface area contributed by atoms with Crippen LogP contribution in [0.3, 0.4) is 0 Å². The number of aromatic amines is 2. The van der Waals surface area contributed by atoms with Crippen molar-refractivity contribution in [1.82, 2.24) is 9.97 Å². The van der Waals surface area contributed by atoms with Crippen molar-refractivity contribution < 1.29 is 5.11 Å². The summed E-state index contributed by atoms with van der Waals surface area (Å²) in [6.07, 6.45) is 5.68. The van der Waals surface area contributed by atoms with Gasteiger partial charge in [-0.25, -0.2) is 4.79 Å². The molecule has 5 nitrogen and oxygen atoms in total. The van der Waals surface area contributed by atoms with Gasteiger partial charge in [-0.3, -0.25) is 0 Å². The number of H-pyrrole nitrogens is 2. The van der Waals surface area contributed by atoms with Crippen molar-refractivity contribution in [2.24, 2.45) is 5.73 Å². The van der Waals surface area contributed by atoms with E-state index in [0.717, 1.165) is 18.5 Å². The molecule has 1 aromatic heterocycles. The topological polar surface area (TPSA) is 94.9 Å². The molecule has 0 radical (unpaired) electrons. The summed E-state index contributed by atoms with van der Waals surface area (Å²) < 4.78 is 0. The first-order valence-corrected chi connectivity index (χ1v) is 6.42. The lowest BCUT2D eigenvalue weighted by Crippen LogP contribution is -2.12. The summed E-state index contributed by atoms with van der Waals surface area (Å²) in [6, 6.07) is 0. The molecule has 1 fully saturated rings. The molecule has 0 amide bonds. The smallest absolute Gasteiger partial charge is 0.323 e. The van der Waals surface area contributed by atoms with E-state index >= 15 is 0 Å². The van der Waals surface area contributed by atoms with Gasteiger partial charge in [-0.15, -0.1) is 0 Å². The third-order valence-electron chi connectivity index (χ3n) is 3.57. The lowest BCUT2D eigenvalue weighted by molar-refractivity contribution is 0.163. The zero-order valence-electron chi connectivity index (χ0n) is 10.0. The van der Waals surface area contributed by atoms with Gasteiger partial charge in [0.1, 0.15) is 0 Å². The quantitative estimate of drug-likeness (QED) is 0.634. The monoisotopic (exact) mass is 239 g/mol. The van der Waals surface area contributed by atoms with Gasteiger partial charge < -0.3 is 20.8 Å². The molecule has 0 spiro atoms. The Bertz CT molecular complexity index is 404. The van der Waals surface area contributed by atoms with E-state index in [1.54, 1.807) is 0 Å².